The van der Waals surface area contributed by atoms with E-state index in [0.717, 1.165) is 12.8 Å². The highest BCUT2D eigenvalue weighted by molar-refractivity contribution is 5.78. The molecular formula is C20H40N2O2. The number of carbonyl (C=O) groups excluding carboxylic acids is 1. The van der Waals surface area contributed by atoms with Gasteiger partial charge >= 0.3 is 0 Å². The van der Waals surface area contributed by atoms with Crippen molar-refractivity contribution in [2.45, 2.75) is 97.1 Å². The number of hydrogen-bond acceptors (Lipinski definition) is 3. The molecular weight excluding hydrogens is 300 g/mol. The second-order valence-electron chi connectivity index (χ2n) is 8.15. The molecule has 1 fully saturated rings. The molecule has 1 aliphatic carbocycles. The number of nitrogens with one attached hydrogen (secondary N) is 1. The Hall–Kier alpha value is -0.610. The van der Waals surface area contributed by atoms with Gasteiger partial charge in [-0.15, -0.1) is 0 Å². The van der Waals surface area contributed by atoms with Crippen molar-refractivity contribution in [3.8, 4) is 0 Å². The monoisotopic (exact) mass is 340 g/mol. The van der Waals surface area contributed by atoms with Crippen molar-refractivity contribution in [3.05, 3.63) is 0 Å². The fourth-order valence-electron chi connectivity index (χ4n) is 4.20. The van der Waals surface area contributed by atoms with E-state index in [0.29, 0.717) is 5.92 Å². The summed E-state index contributed by atoms with van der Waals surface area (Å²) in [7, 11) is 1.77. The summed E-state index contributed by atoms with van der Waals surface area (Å²) in [6.07, 6.45) is 12.9. The van der Waals surface area contributed by atoms with Crippen LogP contribution in [0.3, 0.4) is 0 Å². The predicted octanol–water partition coefficient (Wildman–Crippen LogP) is 4.02. The van der Waals surface area contributed by atoms with Crippen LogP contribution in [0.1, 0.15) is 85.0 Å². The Kier molecular flexibility index (Phi) is 9.91. The van der Waals surface area contributed by atoms with E-state index in [1.807, 2.05) is 0 Å². The Bertz CT molecular complexity index is 358. The third-order valence-corrected chi connectivity index (χ3v) is 5.71. The molecule has 3 atom stereocenters. The molecule has 1 rings (SSSR count). The number of hydrogen-bond donors (Lipinski definition) is 2. The molecule has 4 heteroatoms. The van der Waals surface area contributed by atoms with Crippen molar-refractivity contribution in [2.75, 3.05) is 13.7 Å². The first-order valence-corrected chi connectivity index (χ1v) is 9.98. The number of nitrogens with two attached hydrogens (primary N) is 1. The third-order valence-electron chi connectivity index (χ3n) is 5.71. The van der Waals surface area contributed by atoms with Crippen LogP contribution >= 0.6 is 0 Å². The molecule has 0 heterocycles. The number of unbranched alkanes of at least 4 members (excludes halogenated alkanes) is 6. The molecule has 0 bridgehead atoms. The summed E-state index contributed by atoms with van der Waals surface area (Å²) in [6.45, 7) is 6.80. The van der Waals surface area contributed by atoms with Gasteiger partial charge in [-0.2, -0.15) is 0 Å². The molecule has 0 aromatic heterocycles. The SMILES string of the molecule is CCCCCCCCC[C@@H]1CCC(C)(C)[C@H](OC)[C@H]1NC(=O)CN. The zero-order valence-corrected chi connectivity index (χ0v) is 16.4. The average molecular weight is 341 g/mol. The van der Waals surface area contributed by atoms with E-state index in [1.54, 1.807) is 7.11 Å². The van der Waals surface area contributed by atoms with Gasteiger partial charge in [0.2, 0.25) is 5.91 Å². The molecule has 0 saturated heterocycles. The largest absolute Gasteiger partial charge is 0.379 e. The molecule has 0 aliphatic heterocycles. The second kappa shape index (κ2) is 11.1. The van der Waals surface area contributed by atoms with E-state index in [-0.39, 0.29) is 30.0 Å². The van der Waals surface area contributed by atoms with Crippen LogP contribution < -0.4 is 11.1 Å². The van der Waals surface area contributed by atoms with Crippen LogP contribution in [0.2, 0.25) is 0 Å². The van der Waals surface area contributed by atoms with Gasteiger partial charge < -0.3 is 15.8 Å². The lowest BCUT2D eigenvalue weighted by molar-refractivity contribution is -0.126. The fraction of sp³-hybridized carbons (Fsp3) is 0.950. The van der Waals surface area contributed by atoms with Crippen molar-refractivity contribution in [3.63, 3.8) is 0 Å². The van der Waals surface area contributed by atoms with Crippen molar-refractivity contribution in [2.24, 2.45) is 17.1 Å². The van der Waals surface area contributed by atoms with Crippen LogP contribution in [0.25, 0.3) is 0 Å². The molecule has 0 spiro atoms. The second-order valence-corrected chi connectivity index (χ2v) is 8.15. The van der Waals surface area contributed by atoms with Crippen LogP contribution in [0.5, 0.6) is 0 Å². The standard InChI is InChI=1S/C20H40N2O2/c1-5-6-7-8-9-10-11-12-16-13-14-20(2,3)19(24-4)18(16)22-17(23)15-21/h16,18-19H,5-15,21H2,1-4H3,(H,22,23)/t16-,18+,19-/m1/s1. The zero-order chi connectivity index (χ0) is 18.0. The molecule has 1 amide bonds. The van der Waals surface area contributed by atoms with Gasteiger partial charge in [0.25, 0.3) is 0 Å². The maximum atomic E-state index is 11.9. The Morgan fingerprint density at radius 1 is 1.17 bits per heavy atom. The highest BCUT2D eigenvalue weighted by Gasteiger charge is 2.44. The molecule has 1 aliphatic rings. The van der Waals surface area contributed by atoms with E-state index in [2.05, 4.69) is 26.1 Å². The van der Waals surface area contributed by atoms with Crippen molar-refractivity contribution in [1.29, 1.82) is 0 Å². The molecule has 4 nitrogen and oxygen atoms in total. The van der Waals surface area contributed by atoms with Gasteiger partial charge in [0.1, 0.15) is 0 Å². The summed E-state index contributed by atoms with van der Waals surface area (Å²) in [5.74, 6) is 0.443. The maximum Gasteiger partial charge on any atom is 0.234 e. The van der Waals surface area contributed by atoms with Gasteiger partial charge in [-0.1, -0.05) is 65.7 Å². The quantitative estimate of drug-likeness (QED) is 0.558. The Morgan fingerprint density at radius 3 is 2.38 bits per heavy atom. The lowest BCUT2D eigenvalue weighted by atomic mass is 9.66. The number of amides is 1. The molecule has 0 aromatic rings. The van der Waals surface area contributed by atoms with Gasteiger partial charge in [-0.3, -0.25) is 4.79 Å². The van der Waals surface area contributed by atoms with Crippen LogP contribution in [0, 0.1) is 11.3 Å². The summed E-state index contributed by atoms with van der Waals surface area (Å²) in [6, 6.07) is 0.0925. The number of rotatable bonds is 11. The van der Waals surface area contributed by atoms with E-state index < -0.39 is 0 Å². The van der Waals surface area contributed by atoms with Crippen LogP contribution in [0.4, 0.5) is 0 Å². The van der Waals surface area contributed by atoms with E-state index in [9.17, 15) is 4.79 Å². The number of methoxy groups -OCH3 is 1. The highest BCUT2D eigenvalue weighted by Crippen LogP contribution is 2.42. The van der Waals surface area contributed by atoms with Crippen molar-refractivity contribution < 1.29 is 9.53 Å². The average Bonchev–Trinajstić information content (AvgIpc) is 2.55. The fourth-order valence-corrected chi connectivity index (χ4v) is 4.20. The van der Waals surface area contributed by atoms with Crippen molar-refractivity contribution in [1.82, 2.24) is 5.32 Å². The first-order valence-electron chi connectivity index (χ1n) is 9.98. The number of ether oxygens (including phenoxy) is 1. The Balaban J connectivity index is 2.51. The normalized spacial score (nSPS) is 26.3. The Morgan fingerprint density at radius 2 is 1.79 bits per heavy atom. The van der Waals surface area contributed by atoms with Gasteiger partial charge in [0.05, 0.1) is 18.7 Å². The van der Waals surface area contributed by atoms with Crippen LogP contribution in [-0.4, -0.2) is 31.7 Å². The summed E-state index contributed by atoms with van der Waals surface area (Å²) in [5.41, 5.74) is 5.61. The Labute approximate surface area is 149 Å². The van der Waals surface area contributed by atoms with Gasteiger partial charge in [0.15, 0.2) is 0 Å². The topological polar surface area (TPSA) is 64.3 Å². The summed E-state index contributed by atoms with van der Waals surface area (Å²) in [4.78, 5) is 11.9. The minimum Gasteiger partial charge on any atom is -0.379 e. The summed E-state index contributed by atoms with van der Waals surface area (Å²) >= 11 is 0. The third kappa shape index (κ3) is 6.72. The highest BCUT2D eigenvalue weighted by atomic mass is 16.5. The first kappa shape index (κ1) is 21.4. The van der Waals surface area contributed by atoms with Gasteiger partial charge in [-0.05, 0) is 30.6 Å². The molecule has 1 saturated carbocycles. The smallest absolute Gasteiger partial charge is 0.234 e. The van der Waals surface area contributed by atoms with E-state index in [1.165, 1.54) is 51.4 Å². The molecule has 3 N–H and O–H groups in total. The van der Waals surface area contributed by atoms with Crippen molar-refractivity contribution >= 4 is 5.91 Å². The summed E-state index contributed by atoms with van der Waals surface area (Å²) < 4.78 is 5.81. The van der Waals surface area contributed by atoms with Gasteiger partial charge in [0, 0.05) is 7.11 Å². The molecule has 0 radical (unpaired) electrons. The molecule has 0 unspecified atom stereocenters. The first-order chi connectivity index (χ1) is 11.5. The minimum atomic E-state index is -0.0654. The number of carbonyl (C=O) groups is 1. The molecule has 24 heavy (non-hydrogen) atoms. The maximum absolute atomic E-state index is 11.9. The summed E-state index contributed by atoms with van der Waals surface area (Å²) in [5, 5.41) is 3.16. The van der Waals surface area contributed by atoms with Gasteiger partial charge in [-0.25, -0.2) is 0 Å². The lowest BCUT2D eigenvalue weighted by Crippen LogP contribution is -2.58. The molecule has 142 valence electrons. The van der Waals surface area contributed by atoms with E-state index >= 15 is 0 Å². The van der Waals surface area contributed by atoms with E-state index in [4.69, 9.17) is 10.5 Å². The van der Waals surface area contributed by atoms with Crippen LogP contribution in [-0.2, 0) is 9.53 Å². The van der Waals surface area contributed by atoms with Crippen LogP contribution in [0.15, 0.2) is 0 Å². The molecule has 0 aromatic carbocycles. The minimum absolute atomic E-state index is 0.0531. The predicted molar refractivity (Wildman–Crippen MR) is 101 cm³/mol. The lowest BCUT2D eigenvalue weighted by Gasteiger charge is -2.47. The zero-order valence-electron chi connectivity index (χ0n) is 16.4.